The fraction of sp³-hybridized carbons (Fsp3) is 0.444. The van der Waals surface area contributed by atoms with Gasteiger partial charge in [-0.1, -0.05) is 11.4 Å². The Morgan fingerprint density at radius 1 is 1.56 bits per heavy atom. The summed E-state index contributed by atoms with van der Waals surface area (Å²) in [4.78, 5) is 0.721. The van der Waals surface area contributed by atoms with E-state index in [9.17, 15) is 5.11 Å². The van der Waals surface area contributed by atoms with Crippen LogP contribution in [0.15, 0.2) is 16.9 Å². The lowest BCUT2D eigenvalue weighted by Gasteiger charge is -2.11. The van der Waals surface area contributed by atoms with Crippen molar-refractivity contribution in [1.29, 1.82) is 0 Å². The fourth-order valence-electron chi connectivity index (χ4n) is 1.46. The minimum atomic E-state index is -0.719. The Labute approximate surface area is 105 Å². The molecule has 2 heterocycles. The zero-order chi connectivity index (χ0) is 11.5. The second kappa shape index (κ2) is 5.03. The van der Waals surface area contributed by atoms with E-state index in [0.29, 0.717) is 0 Å². The minimum absolute atomic E-state index is 0.719. The summed E-state index contributed by atoms with van der Waals surface area (Å²) in [7, 11) is 0. The van der Waals surface area contributed by atoms with E-state index in [4.69, 9.17) is 0 Å². The Kier molecular flexibility index (Phi) is 3.67. The van der Waals surface area contributed by atoms with Gasteiger partial charge in [-0.25, -0.2) is 0 Å². The largest absolute Gasteiger partial charge is 0.381 e. The molecule has 2 aromatic heterocycles. The molecule has 0 aliphatic heterocycles. The molecule has 86 valence electrons. The summed E-state index contributed by atoms with van der Waals surface area (Å²) >= 11 is 4.59. The minimum Gasteiger partial charge on any atom is -0.381 e. The molecule has 1 atom stereocenters. The quantitative estimate of drug-likeness (QED) is 0.938. The maximum atomic E-state index is 10.2. The van der Waals surface area contributed by atoms with Gasteiger partial charge >= 0.3 is 0 Å². The van der Waals surface area contributed by atoms with Gasteiger partial charge in [0.05, 0.1) is 27.4 Å². The first-order chi connectivity index (χ1) is 7.74. The van der Waals surface area contributed by atoms with Crippen molar-refractivity contribution in [2.45, 2.75) is 26.0 Å². The van der Waals surface area contributed by atoms with Gasteiger partial charge in [0.2, 0.25) is 0 Å². The summed E-state index contributed by atoms with van der Waals surface area (Å²) in [6.45, 7) is 2.85. The molecule has 0 aliphatic rings. The van der Waals surface area contributed by atoms with Gasteiger partial charge in [-0.05, 0) is 33.9 Å². The zero-order valence-corrected chi connectivity index (χ0v) is 11.1. The Bertz CT molecular complexity index is 456. The van der Waals surface area contributed by atoms with Crippen molar-refractivity contribution in [3.8, 4) is 0 Å². The lowest BCUT2D eigenvalue weighted by atomic mass is 10.2. The van der Waals surface area contributed by atoms with Gasteiger partial charge in [0.15, 0.2) is 0 Å². The van der Waals surface area contributed by atoms with Crippen molar-refractivity contribution in [3.63, 3.8) is 0 Å². The molecule has 7 heteroatoms. The molecular weight excluding hydrogens is 292 g/mol. The van der Waals surface area contributed by atoms with Crippen LogP contribution in [0.3, 0.4) is 0 Å². The molecule has 0 radical (unpaired) electrons. The maximum absolute atomic E-state index is 10.2. The molecule has 0 bridgehead atoms. The number of hydrogen-bond donors (Lipinski definition) is 1. The van der Waals surface area contributed by atoms with Gasteiger partial charge < -0.3 is 5.11 Å². The standard InChI is InChI=1S/C9H11BrN4OS/c1-2-3-14-8(6(10)4-12-14)9(15)7-5-11-13-16-7/h4-5,9,15H,2-3H2,1H3. The van der Waals surface area contributed by atoms with E-state index in [1.807, 2.05) is 0 Å². The summed E-state index contributed by atoms with van der Waals surface area (Å²) in [6, 6.07) is 0. The lowest BCUT2D eigenvalue weighted by molar-refractivity contribution is 0.210. The predicted octanol–water partition coefficient (Wildman–Crippen LogP) is 1.99. The van der Waals surface area contributed by atoms with E-state index >= 15 is 0 Å². The number of aliphatic hydroxyl groups excluding tert-OH is 1. The Morgan fingerprint density at radius 2 is 2.38 bits per heavy atom. The first-order valence-electron chi connectivity index (χ1n) is 4.90. The molecule has 0 saturated carbocycles. The van der Waals surface area contributed by atoms with Crippen molar-refractivity contribution >= 4 is 27.5 Å². The summed E-state index contributed by atoms with van der Waals surface area (Å²) < 4.78 is 6.35. The zero-order valence-electron chi connectivity index (χ0n) is 8.67. The Balaban J connectivity index is 2.35. The monoisotopic (exact) mass is 302 g/mol. The second-order valence-corrected chi connectivity index (χ2v) is 4.99. The highest BCUT2D eigenvalue weighted by atomic mass is 79.9. The molecule has 0 spiro atoms. The third kappa shape index (κ3) is 2.16. The molecule has 1 unspecified atom stereocenters. The third-order valence-electron chi connectivity index (χ3n) is 2.18. The lowest BCUT2D eigenvalue weighted by Crippen LogP contribution is -2.09. The van der Waals surface area contributed by atoms with Gasteiger partial charge in [-0.2, -0.15) is 5.10 Å². The number of aryl methyl sites for hydroxylation is 1. The van der Waals surface area contributed by atoms with E-state index in [-0.39, 0.29) is 0 Å². The fourth-order valence-corrected chi connectivity index (χ4v) is 2.47. The molecule has 0 aliphatic carbocycles. The maximum Gasteiger partial charge on any atom is 0.134 e. The van der Waals surface area contributed by atoms with Crippen LogP contribution in [-0.2, 0) is 6.54 Å². The van der Waals surface area contributed by atoms with Gasteiger partial charge in [0.25, 0.3) is 0 Å². The number of aromatic nitrogens is 4. The smallest absolute Gasteiger partial charge is 0.134 e. The first-order valence-corrected chi connectivity index (χ1v) is 6.47. The van der Waals surface area contributed by atoms with Crippen LogP contribution in [0.5, 0.6) is 0 Å². The summed E-state index contributed by atoms with van der Waals surface area (Å²) in [5, 5.41) is 18.1. The van der Waals surface area contributed by atoms with Crippen molar-refractivity contribution < 1.29 is 5.11 Å². The van der Waals surface area contributed by atoms with Crippen LogP contribution in [0, 0.1) is 0 Å². The van der Waals surface area contributed by atoms with Crippen LogP contribution in [0.1, 0.15) is 30.0 Å². The third-order valence-corrected chi connectivity index (χ3v) is 3.50. The Morgan fingerprint density at radius 3 is 3.00 bits per heavy atom. The van der Waals surface area contributed by atoms with E-state index in [1.165, 1.54) is 11.5 Å². The average Bonchev–Trinajstić information content (AvgIpc) is 2.88. The van der Waals surface area contributed by atoms with Crippen LogP contribution in [0.25, 0.3) is 0 Å². The van der Waals surface area contributed by atoms with Crippen LogP contribution in [-0.4, -0.2) is 24.5 Å². The topological polar surface area (TPSA) is 63.8 Å². The van der Waals surface area contributed by atoms with Gasteiger partial charge in [-0.15, -0.1) is 5.10 Å². The number of nitrogens with zero attached hydrogens (tertiary/aromatic N) is 4. The van der Waals surface area contributed by atoms with Crippen LogP contribution in [0.4, 0.5) is 0 Å². The van der Waals surface area contributed by atoms with Crippen LogP contribution < -0.4 is 0 Å². The molecule has 0 amide bonds. The van der Waals surface area contributed by atoms with E-state index in [1.54, 1.807) is 17.1 Å². The number of aliphatic hydroxyl groups is 1. The number of hydrogen-bond acceptors (Lipinski definition) is 5. The van der Waals surface area contributed by atoms with Crippen molar-refractivity contribution in [3.05, 3.63) is 27.4 Å². The highest BCUT2D eigenvalue weighted by Gasteiger charge is 2.20. The molecule has 1 N–H and O–H groups in total. The molecule has 5 nitrogen and oxygen atoms in total. The molecule has 16 heavy (non-hydrogen) atoms. The summed E-state index contributed by atoms with van der Waals surface area (Å²) in [6.07, 6.45) is 3.52. The van der Waals surface area contributed by atoms with Gasteiger partial charge in [-0.3, -0.25) is 4.68 Å². The predicted molar refractivity (Wildman–Crippen MR) is 64.2 cm³/mol. The highest BCUT2D eigenvalue weighted by Crippen LogP contribution is 2.29. The van der Waals surface area contributed by atoms with Gasteiger partial charge in [0.1, 0.15) is 6.10 Å². The van der Waals surface area contributed by atoms with Crippen LogP contribution >= 0.6 is 27.5 Å². The average molecular weight is 303 g/mol. The molecule has 0 fully saturated rings. The van der Waals surface area contributed by atoms with Crippen molar-refractivity contribution in [1.82, 2.24) is 19.4 Å². The Hall–Kier alpha value is -0.790. The summed E-state index contributed by atoms with van der Waals surface area (Å²) in [5.74, 6) is 0. The van der Waals surface area contributed by atoms with Crippen molar-refractivity contribution in [2.75, 3.05) is 0 Å². The van der Waals surface area contributed by atoms with Crippen molar-refractivity contribution in [2.24, 2.45) is 0 Å². The van der Waals surface area contributed by atoms with Gasteiger partial charge in [0, 0.05) is 6.54 Å². The summed E-state index contributed by atoms with van der Waals surface area (Å²) in [5.41, 5.74) is 0.757. The van der Waals surface area contributed by atoms with Crippen LogP contribution in [0.2, 0.25) is 0 Å². The first kappa shape index (κ1) is 11.7. The second-order valence-electron chi connectivity index (χ2n) is 3.32. The molecule has 2 aromatic rings. The van der Waals surface area contributed by atoms with E-state index < -0.39 is 6.10 Å². The molecular formula is C9H11BrN4OS. The molecule has 0 aromatic carbocycles. The molecule has 2 rings (SSSR count). The highest BCUT2D eigenvalue weighted by molar-refractivity contribution is 9.10. The SMILES string of the molecule is CCCn1ncc(Br)c1C(O)c1cnns1. The van der Waals surface area contributed by atoms with E-state index in [2.05, 4.69) is 37.5 Å². The molecule has 0 saturated heterocycles. The van der Waals surface area contributed by atoms with E-state index in [0.717, 1.165) is 28.0 Å². The number of halogens is 1. The normalized spacial score (nSPS) is 12.9. The number of rotatable bonds is 4.